The highest BCUT2D eigenvalue weighted by atomic mass is 19.1. The van der Waals surface area contributed by atoms with E-state index in [0.29, 0.717) is 17.5 Å². The van der Waals surface area contributed by atoms with Gasteiger partial charge >= 0.3 is 5.97 Å². The van der Waals surface area contributed by atoms with Crippen molar-refractivity contribution in [3.63, 3.8) is 0 Å². The molecule has 2 N–H and O–H groups in total. The summed E-state index contributed by atoms with van der Waals surface area (Å²) in [5.74, 6) is -2.12. The van der Waals surface area contributed by atoms with Crippen molar-refractivity contribution >= 4 is 5.97 Å². The second kappa shape index (κ2) is 8.09. The summed E-state index contributed by atoms with van der Waals surface area (Å²) in [6.45, 7) is 0.784. The van der Waals surface area contributed by atoms with Crippen molar-refractivity contribution in [2.45, 2.75) is 25.3 Å². The number of hydrogen-bond donors (Lipinski definition) is 2. The standard InChI is InChI=1S/C23H20F2N2O2/c24-17-3-5-18(21(25)12-17)14-1-4-19-15(11-14)7-10-27-22(19)6-2-16-13-26-9-8-20(16)23(28)29/h1,3-5,8-9,11-13,22,27H,2,6-7,10H2,(H,28,29)/t22-/m1/s1. The molecule has 1 aromatic heterocycles. The molecule has 0 fully saturated rings. The number of nitrogens with zero attached hydrogens (tertiary/aromatic N) is 1. The zero-order valence-corrected chi connectivity index (χ0v) is 15.7. The van der Waals surface area contributed by atoms with Gasteiger partial charge in [0.1, 0.15) is 11.6 Å². The normalized spacial score (nSPS) is 15.7. The zero-order chi connectivity index (χ0) is 20.4. The maximum atomic E-state index is 14.2. The molecule has 4 rings (SSSR count). The fourth-order valence-corrected chi connectivity index (χ4v) is 3.94. The Morgan fingerprint density at radius 3 is 2.83 bits per heavy atom. The Morgan fingerprint density at radius 1 is 1.17 bits per heavy atom. The Bertz CT molecular complexity index is 1070. The van der Waals surface area contributed by atoms with Crippen LogP contribution >= 0.6 is 0 Å². The molecule has 0 spiro atoms. The topological polar surface area (TPSA) is 62.2 Å². The van der Waals surface area contributed by atoms with Crippen LogP contribution in [-0.2, 0) is 12.8 Å². The predicted molar refractivity (Wildman–Crippen MR) is 106 cm³/mol. The Labute approximate surface area is 167 Å². The average molecular weight is 394 g/mol. The van der Waals surface area contributed by atoms with Gasteiger partial charge in [-0.3, -0.25) is 4.98 Å². The van der Waals surface area contributed by atoms with Crippen LogP contribution in [0.4, 0.5) is 8.78 Å². The molecule has 1 aliphatic rings. The molecule has 1 aliphatic heterocycles. The highest BCUT2D eigenvalue weighted by molar-refractivity contribution is 5.89. The molecule has 0 aliphatic carbocycles. The highest BCUT2D eigenvalue weighted by Crippen LogP contribution is 2.32. The second-order valence-corrected chi connectivity index (χ2v) is 7.17. The number of aryl methyl sites for hydroxylation is 1. The van der Waals surface area contributed by atoms with Gasteiger partial charge in [0.25, 0.3) is 0 Å². The smallest absolute Gasteiger partial charge is 0.336 e. The lowest BCUT2D eigenvalue weighted by Gasteiger charge is -2.28. The van der Waals surface area contributed by atoms with Gasteiger partial charge in [-0.05, 0) is 66.3 Å². The molecule has 3 aromatic rings. The maximum absolute atomic E-state index is 14.2. The monoisotopic (exact) mass is 394 g/mol. The minimum Gasteiger partial charge on any atom is -0.478 e. The van der Waals surface area contributed by atoms with Crippen LogP contribution in [0.5, 0.6) is 0 Å². The van der Waals surface area contributed by atoms with E-state index in [2.05, 4.69) is 10.3 Å². The first kappa shape index (κ1) is 19.2. The molecule has 148 valence electrons. The first-order valence-electron chi connectivity index (χ1n) is 9.51. The molecule has 1 atom stereocenters. The van der Waals surface area contributed by atoms with Crippen LogP contribution in [0.25, 0.3) is 11.1 Å². The van der Waals surface area contributed by atoms with Gasteiger partial charge < -0.3 is 10.4 Å². The van der Waals surface area contributed by atoms with Crippen LogP contribution in [0, 0.1) is 11.6 Å². The van der Waals surface area contributed by atoms with E-state index in [-0.39, 0.29) is 11.6 Å². The minimum atomic E-state index is -0.953. The SMILES string of the molecule is O=C(O)c1ccncc1CC[C@H]1NCCc2cc(-c3ccc(F)cc3F)ccc21. The Morgan fingerprint density at radius 2 is 2.03 bits per heavy atom. The summed E-state index contributed by atoms with van der Waals surface area (Å²) >= 11 is 0. The predicted octanol–water partition coefficient (Wildman–Crippen LogP) is 4.54. The molecule has 6 heteroatoms. The maximum Gasteiger partial charge on any atom is 0.336 e. The summed E-state index contributed by atoms with van der Waals surface area (Å²) in [7, 11) is 0. The molecule has 0 amide bonds. The number of halogens is 2. The molecule has 0 radical (unpaired) electrons. The van der Waals surface area contributed by atoms with Crippen molar-refractivity contribution in [1.29, 1.82) is 0 Å². The fraction of sp³-hybridized carbons (Fsp3) is 0.217. The molecule has 29 heavy (non-hydrogen) atoms. The summed E-state index contributed by atoms with van der Waals surface area (Å²) in [6, 6.07) is 11.0. The number of nitrogens with one attached hydrogen (secondary N) is 1. The molecule has 0 saturated heterocycles. The largest absolute Gasteiger partial charge is 0.478 e. The first-order valence-corrected chi connectivity index (χ1v) is 9.51. The number of aromatic carboxylic acids is 1. The van der Waals surface area contributed by atoms with Crippen molar-refractivity contribution in [3.8, 4) is 11.1 Å². The molecule has 2 heterocycles. The summed E-state index contributed by atoms with van der Waals surface area (Å²) in [6.07, 6.45) is 5.21. The van der Waals surface area contributed by atoms with Crippen molar-refractivity contribution in [3.05, 3.63) is 88.7 Å². The molecule has 0 saturated carbocycles. The lowest BCUT2D eigenvalue weighted by molar-refractivity contribution is 0.0695. The molecule has 4 nitrogen and oxygen atoms in total. The molecule has 0 bridgehead atoms. The van der Waals surface area contributed by atoms with Gasteiger partial charge in [-0.15, -0.1) is 0 Å². The molecular weight excluding hydrogens is 374 g/mol. The third kappa shape index (κ3) is 4.03. The quantitative estimate of drug-likeness (QED) is 0.667. The van der Waals surface area contributed by atoms with Crippen LogP contribution < -0.4 is 5.32 Å². The highest BCUT2D eigenvalue weighted by Gasteiger charge is 2.21. The van der Waals surface area contributed by atoms with E-state index < -0.39 is 17.6 Å². The first-order chi connectivity index (χ1) is 14.0. The lowest BCUT2D eigenvalue weighted by Crippen LogP contribution is -2.30. The summed E-state index contributed by atoms with van der Waals surface area (Å²) in [5, 5.41) is 12.8. The third-order valence-electron chi connectivity index (χ3n) is 5.38. The Balaban J connectivity index is 1.57. The summed E-state index contributed by atoms with van der Waals surface area (Å²) in [4.78, 5) is 15.4. The van der Waals surface area contributed by atoms with Gasteiger partial charge in [0.05, 0.1) is 5.56 Å². The fourth-order valence-electron chi connectivity index (χ4n) is 3.94. The van der Waals surface area contributed by atoms with Crippen molar-refractivity contribution in [1.82, 2.24) is 10.3 Å². The number of pyridine rings is 1. The van der Waals surface area contributed by atoms with Crippen LogP contribution in [0.15, 0.2) is 54.9 Å². The summed E-state index contributed by atoms with van der Waals surface area (Å²) in [5.41, 5.74) is 4.34. The van der Waals surface area contributed by atoms with Gasteiger partial charge in [0.15, 0.2) is 0 Å². The van der Waals surface area contributed by atoms with E-state index in [4.69, 9.17) is 0 Å². The van der Waals surface area contributed by atoms with Gasteiger partial charge in [-0.2, -0.15) is 0 Å². The van der Waals surface area contributed by atoms with Crippen LogP contribution in [0.3, 0.4) is 0 Å². The number of carboxylic acids is 1. The van der Waals surface area contributed by atoms with E-state index in [1.165, 1.54) is 24.4 Å². The van der Waals surface area contributed by atoms with Crippen molar-refractivity contribution < 1.29 is 18.7 Å². The third-order valence-corrected chi connectivity index (χ3v) is 5.38. The Kier molecular flexibility index (Phi) is 5.36. The Hall–Kier alpha value is -3.12. The number of benzene rings is 2. The zero-order valence-electron chi connectivity index (χ0n) is 15.7. The molecule has 2 aromatic carbocycles. The van der Waals surface area contributed by atoms with Gasteiger partial charge in [-0.1, -0.05) is 18.2 Å². The van der Waals surface area contributed by atoms with Crippen LogP contribution in [0.1, 0.15) is 39.5 Å². The number of rotatable bonds is 5. The van der Waals surface area contributed by atoms with Crippen LogP contribution in [0.2, 0.25) is 0 Å². The number of hydrogen-bond acceptors (Lipinski definition) is 3. The van der Waals surface area contributed by atoms with Crippen molar-refractivity contribution in [2.24, 2.45) is 0 Å². The molecule has 0 unspecified atom stereocenters. The number of carbonyl (C=O) groups is 1. The van der Waals surface area contributed by atoms with Gasteiger partial charge in [0.2, 0.25) is 0 Å². The van der Waals surface area contributed by atoms with E-state index >= 15 is 0 Å². The van der Waals surface area contributed by atoms with Crippen LogP contribution in [-0.4, -0.2) is 22.6 Å². The van der Waals surface area contributed by atoms with Gasteiger partial charge in [0, 0.05) is 30.1 Å². The van der Waals surface area contributed by atoms with Crippen molar-refractivity contribution in [2.75, 3.05) is 6.54 Å². The number of fused-ring (bicyclic) bond motifs is 1. The molecular formula is C23H20F2N2O2. The summed E-state index contributed by atoms with van der Waals surface area (Å²) < 4.78 is 27.4. The number of carboxylic acid groups (broad SMARTS) is 1. The second-order valence-electron chi connectivity index (χ2n) is 7.17. The lowest BCUT2D eigenvalue weighted by atomic mass is 9.88. The number of aromatic nitrogens is 1. The van der Waals surface area contributed by atoms with E-state index in [0.717, 1.165) is 42.1 Å². The minimum absolute atomic E-state index is 0.0766. The van der Waals surface area contributed by atoms with E-state index in [1.807, 2.05) is 18.2 Å². The van der Waals surface area contributed by atoms with E-state index in [9.17, 15) is 18.7 Å². The van der Waals surface area contributed by atoms with Gasteiger partial charge in [-0.25, -0.2) is 13.6 Å². The average Bonchev–Trinajstić information content (AvgIpc) is 2.72. The van der Waals surface area contributed by atoms with E-state index in [1.54, 1.807) is 6.20 Å².